The molecule has 130 valence electrons. The van der Waals surface area contributed by atoms with E-state index in [1.807, 2.05) is 0 Å². The van der Waals surface area contributed by atoms with Crippen molar-refractivity contribution in [1.29, 1.82) is 0 Å². The number of halogens is 3. The van der Waals surface area contributed by atoms with Gasteiger partial charge < -0.3 is 0 Å². The zero-order valence-corrected chi connectivity index (χ0v) is 14.0. The lowest BCUT2D eigenvalue weighted by molar-refractivity contribution is -0.170. The minimum Gasteiger partial charge on any atom is -0.289 e. The Balaban J connectivity index is 2.58. The second kappa shape index (κ2) is 6.04. The molecule has 2 aromatic rings. The maximum atomic E-state index is 12.8. The highest BCUT2D eigenvalue weighted by Gasteiger charge is 2.39. The number of nitrogens with zero attached hydrogens (tertiary/aromatic N) is 2. The molecule has 2 rings (SSSR count). The molecule has 0 bridgehead atoms. The lowest BCUT2D eigenvalue weighted by atomic mass is 10.2. The molecule has 0 aliphatic carbocycles. The summed E-state index contributed by atoms with van der Waals surface area (Å²) in [5.41, 5.74) is 0.621. The first kappa shape index (κ1) is 18.2. The summed E-state index contributed by atoms with van der Waals surface area (Å²) in [5.74, 6) is -2.02. The van der Waals surface area contributed by atoms with Gasteiger partial charge in [-0.05, 0) is 32.9 Å². The number of alkyl halides is 3. The van der Waals surface area contributed by atoms with Crippen LogP contribution in [0.1, 0.15) is 22.8 Å². The Hall–Kier alpha value is -2.16. The van der Waals surface area contributed by atoms with Gasteiger partial charge in [0, 0.05) is 0 Å². The molecule has 5 nitrogen and oxygen atoms in total. The van der Waals surface area contributed by atoms with Crippen LogP contribution in [0.3, 0.4) is 0 Å². The Bertz CT molecular complexity index is 882. The van der Waals surface area contributed by atoms with Gasteiger partial charge in [-0.2, -0.15) is 13.2 Å². The van der Waals surface area contributed by atoms with Gasteiger partial charge in [-0.25, -0.2) is 17.4 Å². The van der Waals surface area contributed by atoms with Crippen LogP contribution in [0, 0.1) is 20.8 Å². The van der Waals surface area contributed by atoms with Crippen molar-refractivity contribution in [2.75, 3.05) is 0 Å². The molecule has 1 aromatic heterocycles. The summed E-state index contributed by atoms with van der Waals surface area (Å²) in [6.45, 7) is 4.50. The largest absolute Gasteiger partial charge is 0.450 e. The quantitative estimate of drug-likeness (QED) is 0.841. The zero-order valence-electron chi connectivity index (χ0n) is 13.2. The zero-order chi connectivity index (χ0) is 18.3. The number of carbonyl (C=O) groups excluding carboxylic acids is 1. The van der Waals surface area contributed by atoms with Crippen LogP contribution in [0.25, 0.3) is 0 Å². The maximum absolute atomic E-state index is 12.8. The third-order valence-electron chi connectivity index (χ3n) is 3.49. The van der Waals surface area contributed by atoms with E-state index >= 15 is 0 Å². The molecule has 1 aromatic carbocycles. The summed E-state index contributed by atoms with van der Waals surface area (Å²) in [7, 11) is -4.15. The van der Waals surface area contributed by atoms with Crippen molar-refractivity contribution in [3.63, 3.8) is 0 Å². The van der Waals surface area contributed by atoms with E-state index in [9.17, 15) is 26.4 Å². The van der Waals surface area contributed by atoms with Crippen molar-refractivity contribution in [3.8, 4) is 0 Å². The molecule has 24 heavy (non-hydrogen) atoms. The lowest BCUT2D eigenvalue weighted by Crippen LogP contribution is -2.27. The summed E-state index contributed by atoms with van der Waals surface area (Å²) in [5, 5.41) is 0. The van der Waals surface area contributed by atoms with Gasteiger partial charge in [-0.3, -0.25) is 4.79 Å². The smallest absolute Gasteiger partial charge is 0.289 e. The molecule has 0 atom stereocenters. The molecule has 0 saturated heterocycles. The lowest BCUT2D eigenvalue weighted by Gasteiger charge is -2.12. The molecular formula is C15H15F3N2O3S. The van der Waals surface area contributed by atoms with E-state index in [2.05, 4.69) is 4.98 Å². The highest BCUT2D eigenvalue weighted by atomic mass is 32.2. The minimum atomic E-state index is -5.04. The second-order valence-electron chi connectivity index (χ2n) is 5.37. The number of aromatic nitrogens is 2. The fourth-order valence-electron chi connectivity index (χ4n) is 2.28. The topological polar surface area (TPSA) is 69.0 Å². The maximum Gasteiger partial charge on any atom is 0.450 e. The molecule has 0 amide bonds. The second-order valence-corrected chi connectivity index (χ2v) is 7.16. The molecule has 0 fully saturated rings. The Morgan fingerprint density at radius 2 is 1.67 bits per heavy atom. The van der Waals surface area contributed by atoms with Crippen LogP contribution in [-0.2, 0) is 21.2 Å². The number of hydrogen-bond acceptors (Lipinski definition) is 4. The minimum absolute atomic E-state index is 0.00181. The molecule has 0 radical (unpaired) electrons. The number of Topliss-reactive ketones (excluding diaryl/α,β-unsaturated/α-hetero) is 1. The molecule has 0 spiro atoms. The van der Waals surface area contributed by atoms with Crippen LogP contribution in [0.2, 0.25) is 0 Å². The fourth-order valence-corrected chi connectivity index (χ4v) is 3.85. The van der Waals surface area contributed by atoms with Crippen LogP contribution in [0.15, 0.2) is 29.2 Å². The number of imidazole rings is 1. The van der Waals surface area contributed by atoms with Crippen molar-refractivity contribution in [2.45, 2.75) is 38.3 Å². The first-order chi connectivity index (χ1) is 10.9. The van der Waals surface area contributed by atoms with E-state index in [4.69, 9.17) is 0 Å². The molecule has 0 saturated carbocycles. The molecule has 1 heterocycles. The van der Waals surface area contributed by atoms with Crippen molar-refractivity contribution in [3.05, 3.63) is 47.0 Å². The van der Waals surface area contributed by atoms with E-state index in [0.717, 1.165) is 5.56 Å². The van der Waals surface area contributed by atoms with Gasteiger partial charge in [0.05, 0.1) is 22.7 Å². The Labute approximate surface area is 137 Å². The normalized spacial score (nSPS) is 12.4. The van der Waals surface area contributed by atoms with Crippen LogP contribution < -0.4 is 0 Å². The number of rotatable bonds is 4. The van der Waals surface area contributed by atoms with Crippen LogP contribution in [0.5, 0.6) is 0 Å². The predicted molar refractivity (Wildman–Crippen MR) is 80.2 cm³/mol. The summed E-state index contributed by atoms with van der Waals surface area (Å²) < 4.78 is 63.8. The van der Waals surface area contributed by atoms with Gasteiger partial charge in [0.2, 0.25) is 5.78 Å². The van der Waals surface area contributed by atoms with E-state index in [-0.39, 0.29) is 22.1 Å². The summed E-state index contributed by atoms with van der Waals surface area (Å²) in [6, 6.07) is 5.86. The van der Waals surface area contributed by atoms with E-state index in [0.29, 0.717) is 3.97 Å². The standard InChI is InChI=1S/C15H15F3N2O3S/c1-9-4-6-12(7-5-9)24(22,23)20-11(3)19-10(2)13(20)8-14(21)15(16,17)18/h4-7H,8H2,1-3H3. The first-order valence-electron chi connectivity index (χ1n) is 6.91. The van der Waals surface area contributed by atoms with Gasteiger partial charge >= 0.3 is 6.18 Å². The van der Waals surface area contributed by atoms with E-state index in [1.54, 1.807) is 19.1 Å². The average molecular weight is 360 g/mol. The third kappa shape index (κ3) is 3.35. The monoisotopic (exact) mass is 360 g/mol. The van der Waals surface area contributed by atoms with Crippen LogP contribution in [-0.4, -0.2) is 29.3 Å². The molecule has 0 unspecified atom stereocenters. The van der Waals surface area contributed by atoms with Crippen molar-refractivity contribution in [2.24, 2.45) is 0 Å². The predicted octanol–water partition coefficient (Wildman–Crippen LogP) is 2.72. The van der Waals surface area contributed by atoms with Gasteiger partial charge in [-0.1, -0.05) is 17.7 Å². The first-order valence-corrected chi connectivity index (χ1v) is 8.35. The molecule has 9 heteroatoms. The Morgan fingerprint density at radius 3 is 2.17 bits per heavy atom. The number of carbonyl (C=O) groups is 1. The molecule has 0 aliphatic heterocycles. The van der Waals surface area contributed by atoms with Crippen molar-refractivity contribution in [1.82, 2.24) is 8.96 Å². The Kier molecular flexibility index (Phi) is 4.58. The SMILES string of the molecule is Cc1ccc(S(=O)(=O)n2c(C)nc(C)c2CC(=O)C(F)(F)F)cc1. The van der Waals surface area contributed by atoms with Crippen molar-refractivity contribution >= 4 is 15.8 Å². The Morgan fingerprint density at radius 1 is 1.12 bits per heavy atom. The number of ketones is 1. The number of benzene rings is 1. The van der Waals surface area contributed by atoms with Crippen molar-refractivity contribution < 1.29 is 26.4 Å². The van der Waals surface area contributed by atoms with Gasteiger partial charge in [0.15, 0.2) is 0 Å². The highest BCUT2D eigenvalue weighted by Crippen LogP contribution is 2.24. The highest BCUT2D eigenvalue weighted by molar-refractivity contribution is 7.90. The molecule has 0 N–H and O–H groups in total. The third-order valence-corrected chi connectivity index (χ3v) is 5.32. The van der Waals surface area contributed by atoms with Gasteiger partial charge in [-0.15, -0.1) is 0 Å². The van der Waals surface area contributed by atoms with Gasteiger partial charge in [0.25, 0.3) is 10.0 Å². The fraction of sp³-hybridized carbons (Fsp3) is 0.333. The summed E-state index contributed by atoms with van der Waals surface area (Å²) in [6.07, 6.45) is -6.12. The number of hydrogen-bond donors (Lipinski definition) is 0. The summed E-state index contributed by atoms with van der Waals surface area (Å²) >= 11 is 0. The van der Waals surface area contributed by atoms with Crippen LogP contribution >= 0.6 is 0 Å². The van der Waals surface area contributed by atoms with E-state index < -0.39 is 28.4 Å². The number of aryl methyl sites for hydroxylation is 3. The van der Waals surface area contributed by atoms with E-state index in [1.165, 1.54) is 26.0 Å². The molecule has 0 aliphatic rings. The van der Waals surface area contributed by atoms with Gasteiger partial charge in [0.1, 0.15) is 5.82 Å². The average Bonchev–Trinajstić information content (AvgIpc) is 2.73. The summed E-state index contributed by atoms with van der Waals surface area (Å²) in [4.78, 5) is 15.1. The van der Waals surface area contributed by atoms with Crippen LogP contribution in [0.4, 0.5) is 13.2 Å². The molecular weight excluding hydrogens is 345 g/mol.